The van der Waals surface area contributed by atoms with Crippen LogP contribution in [0.2, 0.25) is 0 Å². The minimum Gasteiger partial charge on any atom is -0.379 e. The molecule has 2 heterocycles. The number of fused-ring (bicyclic) bond motifs is 1. The molecule has 2 aromatic carbocycles. The van der Waals surface area contributed by atoms with Crippen molar-refractivity contribution in [2.45, 2.75) is 6.54 Å². The highest BCUT2D eigenvalue weighted by atomic mass is 16.5. The topological polar surface area (TPSA) is 45.9 Å². The lowest BCUT2D eigenvalue weighted by molar-refractivity contribution is 0.0366. The molecule has 0 amide bonds. The summed E-state index contributed by atoms with van der Waals surface area (Å²) in [5.41, 5.74) is 4.36. The third-order valence-corrected chi connectivity index (χ3v) is 5.12. The van der Waals surface area contributed by atoms with Gasteiger partial charge in [0, 0.05) is 52.2 Å². The summed E-state index contributed by atoms with van der Waals surface area (Å²) >= 11 is 0. The van der Waals surface area contributed by atoms with E-state index in [4.69, 9.17) is 14.7 Å². The van der Waals surface area contributed by atoms with Crippen LogP contribution in [-0.4, -0.2) is 67.6 Å². The Morgan fingerprint density at radius 3 is 2.54 bits per heavy atom. The van der Waals surface area contributed by atoms with Gasteiger partial charge in [0.25, 0.3) is 0 Å². The van der Waals surface area contributed by atoms with E-state index in [0.29, 0.717) is 0 Å². The highest BCUT2D eigenvalue weighted by Crippen LogP contribution is 2.22. The fourth-order valence-electron chi connectivity index (χ4n) is 3.44. The van der Waals surface area contributed by atoms with Crippen LogP contribution in [0.4, 0.5) is 11.6 Å². The molecule has 0 saturated carbocycles. The first-order valence-electron chi connectivity index (χ1n) is 9.77. The Labute approximate surface area is 166 Å². The second kappa shape index (κ2) is 8.54. The van der Waals surface area contributed by atoms with E-state index in [1.807, 2.05) is 32.4 Å². The molecule has 0 unspecified atom stereocenters. The van der Waals surface area contributed by atoms with Crippen LogP contribution < -0.4 is 4.90 Å². The van der Waals surface area contributed by atoms with Crippen molar-refractivity contribution < 1.29 is 4.74 Å². The van der Waals surface area contributed by atoms with Crippen molar-refractivity contribution in [1.82, 2.24) is 14.5 Å². The highest BCUT2D eigenvalue weighted by Gasteiger charge is 2.13. The van der Waals surface area contributed by atoms with E-state index in [0.717, 1.165) is 61.9 Å². The van der Waals surface area contributed by atoms with Crippen molar-refractivity contribution in [3.05, 3.63) is 54.1 Å². The standard InChI is InChI=1S/C22H27N5O/c1-25(2)19-9-7-18(8-10-19)17-23-22-24-20-5-3-4-6-21(20)27(22)12-11-26-13-15-28-16-14-26/h3-10,17H,11-16H2,1-2H3/b23-17+. The fraction of sp³-hybridized carbons (Fsp3) is 0.364. The zero-order chi connectivity index (χ0) is 19.3. The quantitative estimate of drug-likeness (QED) is 0.619. The number of benzene rings is 2. The Hall–Kier alpha value is -2.70. The van der Waals surface area contributed by atoms with E-state index in [-0.39, 0.29) is 0 Å². The van der Waals surface area contributed by atoms with Crippen LogP contribution in [-0.2, 0) is 11.3 Å². The maximum Gasteiger partial charge on any atom is 0.230 e. The van der Waals surface area contributed by atoms with Gasteiger partial charge in [-0.1, -0.05) is 24.3 Å². The maximum absolute atomic E-state index is 5.45. The summed E-state index contributed by atoms with van der Waals surface area (Å²) in [6.45, 7) is 5.46. The van der Waals surface area contributed by atoms with Crippen molar-refractivity contribution in [1.29, 1.82) is 0 Å². The van der Waals surface area contributed by atoms with Gasteiger partial charge in [-0.3, -0.25) is 4.90 Å². The SMILES string of the molecule is CN(C)c1ccc(/C=N/c2nc3ccccc3n2CCN2CCOCC2)cc1. The average Bonchev–Trinajstić information content (AvgIpc) is 3.09. The lowest BCUT2D eigenvalue weighted by Crippen LogP contribution is -2.38. The summed E-state index contributed by atoms with van der Waals surface area (Å²) < 4.78 is 7.67. The number of aromatic nitrogens is 2. The van der Waals surface area contributed by atoms with Gasteiger partial charge >= 0.3 is 0 Å². The molecule has 0 N–H and O–H groups in total. The molecule has 28 heavy (non-hydrogen) atoms. The van der Waals surface area contributed by atoms with Gasteiger partial charge in [0.1, 0.15) is 0 Å². The molecule has 1 aliphatic rings. The van der Waals surface area contributed by atoms with Gasteiger partial charge < -0.3 is 14.2 Å². The van der Waals surface area contributed by atoms with Gasteiger partial charge in [-0.25, -0.2) is 9.98 Å². The van der Waals surface area contributed by atoms with Crippen LogP contribution in [0, 0.1) is 0 Å². The number of ether oxygens (including phenoxy) is 1. The minimum atomic E-state index is 0.756. The number of hydrogen-bond donors (Lipinski definition) is 0. The first-order valence-corrected chi connectivity index (χ1v) is 9.77. The summed E-state index contributed by atoms with van der Waals surface area (Å²) in [4.78, 5) is 14.0. The van der Waals surface area contributed by atoms with E-state index in [1.165, 1.54) is 5.69 Å². The molecule has 1 fully saturated rings. The van der Waals surface area contributed by atoms with Gasteiger partial charge in [-0.15, -0.1) is 0 Å². The molecule has 4 rings (SSSR count). The molecule has 0 radical (unpaired) electrons. The molecule has 0 atom stereocenters. The summed E-state index contributed by atoms with van der Waals surface area (Å²) in [5.74, 6) is 0.756. The monoisotopic (exact) mass is 377 g/mol. The van der Waals surface area contributed by atoms with Crippen LogP contribution in [0.1, 0.15) is 5.56 Å². The summed E-state index contributed by atoms with van der Waals surface area (Å²) in [6.07, 6.45) is 1.89. The molecule has 1 aliphatic heterocycles. The van der Waals surface area contributed by atoms with Crippen molar-refractivity contribution in [2.24, 2.45) is 4.99 Å². The normalized spacial score (nSPS) is 15.5. The third kappa shape index (κ3) is 4.24. The Morgan fingerprint density at radius 1 is 1.04 bits per heavy atom. The number of morpholine rings is 1. The van der Waals surface area contributed by atoms with Crippen molar-refractivity contribution in [3.63, 3.8) is 0 Å². The molecular weight excluding hydrogens is 350 g/mol. The van der Waals surface area contributed by atoms with E-state index >= 15 is 0 Å². The second-order valence-electron chi connectivity index (χ2n) is 7.25. The van der Waals surface area contributed by atoms with Crippen LogP contribution in [0.25, 0.3) is 11.0 Å². The van der Waals surface area contributed by atoms with Crippen molar-refractivity contribution >= 4 is 28.9 Å². The van der Waals surface area contributed by atoms with E-state index in [9.17, 15) is 0 Å². The van der Waals surface area contributed by atoms with Gasteiger partial charge in [0.05, 0.1) is 24.2 Å². The lowest BCUT2D eigenvalue weighted by atomic mass is 10.2. The Balaban J connectivity index is 1.56. The summed E-state index contributed by atoms with van der Waals surface area (Å²) in [5, 5.41) is 0. The second-order valence-corrected chi connectivity index (χ2v) is 7.25. The van der Waals surface area contributed by atoms with Crippen molar-refractivity contribution in [2.75, 3.05) is 51.8 Å². The predicted molar refractivity (Wildman–Crippen MR) is 115 cm³/mol. The van der Waals surface area contributed by atoms with Crippen LogP contribution in [0.5, 0.6) is 0 Å². The van der Waals surface area contributed by atoms with E-state index in [2.05, 4.69) is 50.8 Å². The lowest BCUT2D eigenvalue weighted by Gasteiger charge is -2.26. The minimum absolute atomic E-state index is 0.756. The number of nitrogens with zero attached hydrogens (tertiary/aromatic N) is 5. The maximum atomic E-state index is 5.45. The summed E-state index contributed by atoms with van der Waals surface area (Å²) in [6, 6.07) is 16.6. The molecular formula is C22H27N5O. The van der Waals surface area contributed by atoms with Crippen molar-refractivity contribution in [3.8, 4) is 0 Å². The molecule has 146 valence electrons. The number of aliphatic imine (C=N–C) groups is 1. The molecule has 0 bridgehead atoms. The van der Waals surface area contributed by atoms with Gasteiger partial charge in [-0.05, 0) is 29.8 Å². The Bertz CT molecular complexity index is 939. The number of imidazole rings is 1. The number of hydrogen-bond acceptors (Lipinski definition) is 5. The first kappa shape index (κ1) is 18.7. The smallest absolute Gasteiger partial charge is 0.230 e. The molecule has 1 aromatic heterocycles. The van der Waals surface area contributed by atoms with Crippen LogP contribution >= 0.6 is 0 Å². The molecule has 6 nitrogen and oxygen atoms in total. The van der Waals surface area contributed by atoms with Gasteiger partial charge in [0.15, 0.2) is 0 Å². The first-order chi connectivity index (χ1) is 13.7. The zero-order valence-electron chi connectivity index (χ0n) is 16.6. The van der Waals surface area contributed by atoms with E-state index in [1.54, 1.807) is 0 Å². The number of para-hydroxylation sites is 2. The van der Waals surface area contributed by atoms with Crippen LogP contribution in [0.15, 0.2) is 53.5 Å². The molecule has 3 aromatic rings. The van der Waals surface area contributed by atoms with E-state index < -0.39 is 0 Å². The van der Waals surface area contributed by atoms with Crippen LogP contribution in [0.3, 0.4) is 0 Å². The summed E-state index contributed by atoms with van der Waals surface area (Å²) in [7, 11) is 4.08. The molecule has 6 heteroatoms. The predicted octanol–water partition coefficient (Wildman–Crippen LogP) is 3.19. The molecule has 1 saturated heterocycles. The number of anilines is 1. The number of rotatable bonds is 6. The highest BCUT2D eigenvalue weighted by molar-refractivity contribution is 5.84. The van der Waals surface area contributed by atoms with Gasteiger partial charge in [-0.2, -0.15) is 0 Å². The van der Waals surface area contributed by atoms with Gasteiger partial charge in [0.2, 0.25) is 5.95 Å². The Morgan fingerprint density at radius 2 is 1.79 bits per heavy atom. The molecule has 0 spiro atoms. The average molecular weight is 377 g/mol. The molecule has 0 aliphatic carbocycles. The Kier molecular flexibility index (Phi) is 5.69. The largest absolute Gasteiger partial charge is 0.379 e. The fourth-order valence-corrected chi connectivity index (χ4v) is 3.44. The third-order valence-electron chi connectivity index (χ3n) is 5.12. The zero-order valence-corrected chi connectivity index (χ0v) is 16.6.